The van der Waals surface area contributed by atoms with E-state index in [2.05, 4.69) is 5.32 Å². The topological polar surface area (TPSA) is 90.7 Å². The van der Waals surface area contributed by atoms with Gasteiger partial charge in [0.25, 0.3) is 5.91 Å². The molecule has 0 aliphatic carbocycles. The standard InChI is InChI=1S/C19H20Cl2N2O4S/c1-26-17-6-12(2-5-16(17)27-9-18(22)24)8-23-19(25)11-28-10-13-3-4-14(20)7-15(13)21/h2-7H,8-11H2,1H3,(H2,22,24)(H,23,25). The van der Waals surface area contributed by atoms with Crippen molar-refractivity contribution < 1.29 is 19.1 Å². The van der Waals surface area contributed by atoms with E-state index < -0.39 is 5.91 Å². The molecular weight excluding hydrogens is 423 g/mol. The van der Waals surface area contributed by atoms with Gasteiger partial charge in [0.2, 0.25) is 5.91 Å². The van der Waals surface area contributed by atoms with Crippen LogP contribution in [-0.2, 0) is 21.9 Å². The third-order valence-corrected chi connectivity index (χ3v) is 5.16. The third kappa shape index (κ3) is 7.14. The van der Waals surface area contributed by atoms with Crippen molar-refractivity contribution >= 4 is 46.8 Å². The van der Waals surface area contributed by atoms with Crippen LogP contribution in [-0.4, -0.2) is 31.3 Å². The summed E-state index contributed by atoms with van der Waals surface area (Å²) in [6.07, 6.45) is 0. The number of carbonyl (C=O) groups is 2. The Balaban J connectivity index is 1.80. The molecule has 0 saturated carbocycles. The second kappa shape index (κ2) is 11.0. The average Bonchev–Trinajstić information content (AvgIpc) is 2.66. The molecule has 0 unspecified atom stereocenters. The van der Waals surface area contributed by atoms with Crippen LogP contribution in [0.2, 0.25) is 10.0 Å². The number of hydrogen-bond donors (Lipinski definition) is 2. The highest BCUT2D eigenvalue weighted by atomic mass is 35.5. The van der Waals surface area contributed by atoms with Gasteiger partial charge in [-0.25, -0.2) is 0 Å². The Bertz CT molecular complexity index is 849. The van der Waals surface area contributed by atoms with Crippen molar-refractivity contribution in [3.8, 4) is 11.5 Å². The Morgan fingerprint density at radius 3 is 2.61 bits per heavy atom. The van der Waals surface area contributed by atoms with Gasteiger partial charge in [0.1, 0.15) is 0 Å². The van der Waals surface area contributed by atoms with Crippen molar-refractivity contribution in [1.82, 2.24) is 5.32 Å². The Labute approximate surface area is 177 Å². The predicted molar refractivity (Wildman–Crippen MR) is 112 cm³/mol. The maximum atomic E-state index is 12.1. The summed E-state index contributed by atoms with van der Waals surface area (Å²) in [7, 11) is 1.49. The largest absolute Gasteiger partial charge is 0.493 e. The van der Waals surface area contributed by atoms with E-state index in [4.69, 9.17) is 38.4 Å². The van der Waals surface area contributed by atoms with Crippen LogP contribution in [0.3, 0.4) is 0 Å². The van der Waals surface area contributed by atoms with E-state index in [9.17, 15) is 9.59 Å². The first-order valence-electron chi connectivity index (χ1n) is 8.25. The number of hydrogen-bond acceptors (Lipinski definition) is 5. The second-order valence-corrected chi connectivity index (χ2v) is 7.57. The van der Waals surface area contributed by atoms with Crippen molar-refractivity contribution in [2.24, 2.45) is 5.73 Å². The molecule has 0 spiro atoms. The number of nitrogens with one attached hydrogen (secondary N) is 1. The number of rotatable bonds is 10. The number of benzene rings is 2. The zero-order valence-electron chi connectivity index (χ0n) is 15.2. The summed E-state index contributed by atoms with van der Waals surface area (Å²) < 4.78 is 10.5. The molecule has 0 radical (unpaired) electrons. The maximum absolute atomic E-state index is 12.1. The molecule has 2 amide bonds. The molecule has 0 aromatic heterocycles. The van der Waals surface area contributed by atoms with E-state index in [0.29, 0.717) is 39.6 Å². The third-order valence-electron chi connectivity index (χ3n) is 3.59. The van der Waals surface area contributed by atoms with E-state index in [1.807, 2.05) is 6.07 Å². The summed E-state index contributed by atoms with van der Waals surface area (Å²) in [6, 6.07) is 10.5. The van der Waals surface area contributed by atoms with Crippen molar-refractivity contribution in [3.05, 3.63) is 57.6 Å². The van der Waals surface area contributed by atoms with Gasteiger partial charge in [-0.05, 0) is 35.4 Å². The SMILES string of the molecule is COc1cc(CNC(=O)CSCc2ccc(Cl)cc2Cl)ccc1OCC(N)=O. The fraction of sp³-hybridized carbons (Fsp3) is 0.263. The molecule has 0 bridgehead atoms. The first-order chi connectivity index (χ1) is 13.4. The number of ether oxygens (including phenoxy) is 2. The van der Waals surface area contributed by atoms with Crippen LogP contribution >= 0.6 is 35.0 Å². The summed E-state index contributed by atoms with van der Waals surface area (Å²) in [4.78, 5) is 22.9. The lowest BCUT2D eigenvalue weighted by atomic mass is 10.2. The Morgan fingerprint density at radius 2 is 1.93 bits per heavy atom. The van der Waals surface area contributed by atoms with Crippen molar-refractivity contribution in [2.45, 2.75) is 12.3 Å². The van der Waals surface area contributed by atoms with Gasteiger partial charge in [-0.3, -0.25) is 9.59 Å². The van der Waals surface area contributed by atoms with Gasteiger partial charge >= 0.3 is 0 Å². The molecule has 9 heteroatoms. The Morgan fingerprint density at radius 1 is 1.14 bits per heavy atom. The van der Waals surface area contributed by atoms with E-state index >= 15 is 0 Å². The molecule has 0 aliphatic heterocycles. The van der Waals surface area contributed by atoms with Crippen LogP contribution in [0.25, 0.3) is 0 Å². The normalized spacial score (nSPS) is 10.4. The fourth-order valence-electron chi connectivity index (χ4n) is 2.23. The second-order valence-electron chi connectivity index (χ2n) is 5.75. The predicted octanol–water partition coefficient (Wildman–Crippen LogP) is 3.42. The van der Waals surface area contributed by atoms with Crippen molar-refractivity contribution in [1.29, 1.82) is 0 Å². The zero-order chi connectivity index (χ0) is 20.5. The molecule has 0 heterocycles. The van der Waals surface area contributed by atoms with Crippen LogP contribution in [0.15, 0.2) is 36.4 Å². The lowest BCUT2D eigenvalue weighted by Crippen LogP contribution is -2.24. The molecule has 28 heavy (non-hydrogen) atoms. The monoisotopic (exact) mass is 442 g/mol. The number of amides is 2. The van der Waals surface area contributed by atoms with Crippen LogP contribution in [0, 0.1) is 0 Å². The molecule has 2 aromatic rings. The van der Waals surface area contributed by atoms with E-state index in [1.54, 1.807) is 30.3 Å². The lowest BCUT2D eigenvalue weighted by Gasteiger charge is -2.12. The van der Waals surface area contributed by atoms with Gasteiger partial charge in [-0.15, -0.1) is 11.8 Å². The van der Waals surface area contributed by atoms with Crippen molar-refractivity contribution in [2.75, 3.05) is 19.5 Å². The molecule has 0 atom stereocenters. The molecular formula is C19H20Cl2N2O4S. The molecule has 3 N–H and O–H groups in total. The maximum Gasteiger partial charge on any atom is 0.255 e. The number of nitrogens with two attached hydrogens (primary N) is 1. The number of primary amides is 1. The lowest BCUT2D eigenvalue weighted by molar-refractivity contribution is -0.120. The van der Waals surface area contributed by atoms with Crippen molar-refractivity contribution in [3.63, 3.8) is 0 Å². The highest BCUT2D eigenvalue weighted by Gasteiger charge is 2.09. The van der Waals surface area contributed by atoms with Crippen LogP contribution in [0.1, 0.15) is 11.1 Å². The van der Waals surface area contributed by atoms with Crippen LogP contribution < -0.4 is 20.5 Å². The number of halogens is 2. The molecule has 2 aromatic carbocycles. The molecule has 2 rings (SSSR count). The summed E-state index contributed by atoms with van der Waals surface area (Å²) in [6.45, 7) is 0.106. The van der Waals surface area contributed by atoms with E-state index in [0.717, 1.165) is 11.1 Å². The number of thioether (sulfide) groups is 1. The van der Waals surface area contributed by atoms with Gasteiger partial charge in [-0.2, -0.15) is 0 Å². The van der Waals surface area contributed by atoms with Gasteiger partial charge in [0, 0.05) is 22.3 Å². The number of carbonyl (C=O) groups excluding carboxylic acids is 2. The Kier molecular flexibility index (Phi) is 8.76. The van der Waals surface area contributed by atoms with Gasteiger partial charge in [-0.1, -0.05) is 35.3 Å². The first kappa shape index (κ1) is 22.2. The van der Waals surface area contributed by atoms with Gasteiger partial charge in [0.05, 0.1) is 12.9 Å². The van der Waals surface area contributed by atoms with E-state index in [-0.39, 0.29) is 12.5 Å². The molecule has 0 fully saturated rings. The average molecular weight is 443 g/mol. The van der Waals surface area contributed by atoms with Crippen LogP contribution in [0.5, 0.6) is 11.5 Å². The highest BCUT2D eigenvalue weighted by Crippen LogP contribution is 2.28. The van der Waals surface area contributed by atoms with Gasteiger partial charge in [0.15, 0.2) is 18.1 Å². The number of methoxy groups -OCH3 is 1. The fourth-order valence-corrected chi connectivity index (χ4v) is 3.65. The van der Waals surface area contributed by atoms with Crippen LogP contribution in [0.4, 0.5) is 0 Å². The minimum atomic E-state index is -0.573. The molecule has 0 saturated heterocycles. The zero-order valence-corrected chi connectivity index (χ0v) is 17.5. The smallest absolute Gasteiger partial charge is 0.255 e. The first-order valence-corrected chi connectivity index (χ1v) is 10.2. The minimum Gasteiger partial charge on any atom is -0.493 e. The molecule has 6 nitrogen and oxygen atoms in total. The summed E-state index contributed by atoms with van der Waals surface area (Å²) in [5, 5.41) is 4.02. The minimum absolute atomic E-state index is 0.0943. The molecule has 150 valence electrons. The highest BCUT2D eigenvalue weighted by molar-refractivity contribution is 7.99. The summed E-state index contributed by atoms with van der Waals surface area (Å²) in [5.41, 5.74) is 6.83. The van der Waals surface area contributed by atoms with E-state index in [1.165, 1.54) is 18.9 Å². The summed E-state index contributed by atoms with van der Waals surface area (Å²) in [5.74, 6) is 1.12. The molecule has 0 aliphatic rings. The quantitative estimate of drug-likeness (QED) is 0.588. The summed E-state index contributed by atoms with van der Waals surface area (Å²) >= 11 is 13.5. The van der Waals surface area contributed by atoms with Gasteiger partial charge < -0.3 is 20.5 Å². The Hall–Kier alpha value is -2.09.